The number of nitrogens with one attached hydrogen (secondary N) is 1. The van der Waals surface area contributed by atoms with E-state index in [1.807, 2.05) is 0 Å². The van der Waals surface area contributed by atoms with E-state index >= 15 is 0 Å². The van der Waals surface area contributed by atoms with Gasteiger partial charge in [0.05, 0.1) is 17.3 Å². The molecule has 28 heavy (non-hydrogen) atoms. The lowest BCUT2D eigenvalue weighted by atomic mass is 9.86. The summed E-state index contributed by atoms with van der Waals surface area (Å²) in [5.41, 5.74) is 7.38. The normalized spacial score (nSPS) is 12.8. The molecule has 0 spiro atoms. The van der Waals surface area contributed by atoms with E-state index in [2.05, 4.69) is 102 Å². The Morgan fingerprint density at radius 2 is 1.54 bits per heavy atom. The molecule has 0 radical (unpaired) electrons. The first-order valence-corrected chi connectivity index (χ1v) is 9.84. The fraction of sp³-hybridized carbons (Fsp3) is 0.160. The molecule has 1 aliphatic rings. The predicted octanol–water partition coefficient (Wildman–Crippen LogP) is 5.33. The molecule has 138 valence electrons. The quantitative estimate of drug-likeness (QED) is 0.530. The van der Waals surface area contributed by atoms with Crippen LogP contribution in [0.4, 0.5) is 5.82 Å². The molecule has 0 unspecified atom stereocenters. The van der Waals surface area contributed by atoms with Gasteiger partial charge in [-0.05, 0) is 42.2 Å². The van der Waals surface area contributed by atoms with Gasteiger partial charge in [0.2, 0.25) is 0 Å². The maximum atomic E-state index is 5.15. The van der Waals surface area contributed by atoms with Crippen LogP contribution < -0.4 is 5.32 Å². The number of fused-ring (bicyclic) bond motifs is 1. The van der Waals surface area contributed by atoms with E-state index in [0.29, 0.717) is 0 Å². The molecule has 1 aromatic heterocycles. The summed E-state index contributed by atoms with van der Waals surface area (Å²) in [6, 6.07) is 30.0. The lowest BCUT2D eigenvalue weighted by Crippen LogP contribution is -2.09. The van der Waals surface area contributed by atoms with Crippen molar-refractivity contribution in [2.75, 3.05) is 11.9 Å². The number of rotatable bonds is 4. The smallest absolute Gasteiger partial charge is 0.133 e. The highest BCUT2D eigenvalue weighted by molar-refractivity contribution is 5.60. The topological polar surface area (TPSA) is 29.9 Å². The van der Waals surface area contributed by atoms with Gasteiger partial charge in [0.25, 0.3) is 0 Å². The minimum atomic E-state index is 0.127. The Kier molecular flexibility index (Phi) is 4.21. The van der Waals surface area contributed by atoms with Gasteiger partial charge in [0.15, 0.2) is 0 Å². The molecule has 0 atom stereocenters. The van der Waals surface area contributed by atoms with Gasteiger partial charge in [-0.3, -0.25) is 0 Å². The van der Waals surface area contributed by atoms with Crippen LogP contribution in [-0.4, -0.2) is 16.3 Å². The van der Waals surface area contributed by atoms with Gasteiger partial charge in [-0.2, -0.15) is 5.10 Å². The van der Waals surface area contributed by atoms with E-state index in [9.17, 15) is 0 Å². The molecule has 2 heterocycles. The van der Waals surface area contributed by atoms with Crippen LogP contribution in [0, 0.1) is 6.92 Å². The van der Waals surface area contributed by atoms with E-state index in [-0.39, 0.29) is 5.92 Å². The number of aromatic nitrogens is 2. The molecule has 0 aliphatic carbocycles. The third kappa shape index (κ3) is 2.89. The summed E-state index contributed by atoms with van der Waals surface area (Å²) < 4.78 is 2.09. The van der Waals surface area contributed by atoms with Crippen LogP contribution in [0.1, 0.15) is 33.9 Å². The molecule has 4 aromatic rings. The third-order valence-corrected chi connectivity index (χ3v) is 5.47. The zero-order valence-corrected chi connectivity index (χ0v) is 16.0. The van der Waals surface area contributed by atoms with Crippen molar-refractivity contribution in [1.82, 2.24) is 9.78 Å². The minimum absolute atomic E-state index is 0.127. The van der Waals surface area contributed by atoms with E-state index in [1.165, 1.54) is 22.3 Å². The molecule has 0 bridgehead atoms. The van der Waals surface area contributed by atoms with Crippen molar-refractivity contribution < 1.29 is 0 Å². The van der Waals surface area contributed by atoms with E-state index in [1.54, 1.807) is 0 Å². The SMILES string of the molecule is Cc1cccc(-n2nc(C(c3ccccc3)c3ccccc3)c3c2NCC3)c1. The van der Waals surface area contributed by atoms with Crippen molar-refractivity contribution in [3.63, 3.8) is 0 Å². The minimum Gasteiger partial charge on any atom is -0.369 e. The largest absolute Gasteiger partial charge is 0.369 e. The Bertz CT molecular complexity index is 1060. The first-order valence-electron chi connectivity index (χ1n) is 9.84. The number of aryl methyl sites for hydroxylation is 1. The van der Waals surface area contributed by atoms with Crippen LogP contribution >= 0.6 is 0 Å². The Morgan fingerprint density at radius 3 is 2.18 bits per heavy atom. The Morgan fingerprint density at radius 1 is 0.857 bits per heavy atom. The zero-order chi connectivity index (χ0) is 18.9. The van der Waals surface area contributed by atoms with Gasteiger partial charge in [0, 0.05) is 12.1 Å². The number of nitrogens with zero attached hydrogens (tertiary/aromatic N) is 2. The van der Waals surface area contributed by atoms with Crippen molar-refractivity contribution in [2.45, 2.75) is 19.3 Å². The number of benzene rings is 3. The average Bonchev–Trinajstić information content (AvgIpc) is 3.34. The van der Waals surface area contributed by atoms with Crippen molar-refractivity contribution in [3.8, 4) is 5.69 Å². The van der Waals surface area contributed by atoms with Gasteiger partial charge in [-0.1, -0.05) is 72.8 Å². The Labute approximate surface area is 165 Å². The molecule has 3 aromatic carbocycles. The summed E-state index contributed by atoms with van der Waals surface area (Å²) >= 11 is 0. The van der Waals surface area contributed by atoms with Crippen LogP contribution in [0.3, 0.4) is 0 Å². The Balaban J connectivity index is 1.71. The second kappa shape index (κ2) is 7.01. The highest BCUT2D eigenvalue weighted by atomic mass is 15.3. The molecule has 5 rings (SSSR count). The van der Waals surface area contributed by atoms with Gasteiger partial charge in [-0.25, -0.2) is 4.68 Å². The first kappa shape index (κ1) is 16.8. The molecular formula is C25H23N3. The fourth-order valence-electron chi connectivity index (χ4n) is 4.18. The van der Waals surface area contributed by atoms with E-state index in [0.717, 1.165) is 30.2 Å². The lowest BCUT2D eigenvalue weighted by Gasteiger charge is -2.17. The monoisotopic (exact) mass is 365 g/mol. The first-order chi connectivity index (χ1) is 13.8. The molecule has 0 amide bonds. The van der Waals surface area contributed by atoms with Crippen LogP contribution in [0.5, 0.6) is 0 Å². The standard InChI is InChI=1S/C25H23N3/c1-18-9-8-14-21(17-18)28-25-22(15-16-26-25)24(27-28)23(19-10-4-2-5-11-19)20-12-6-3-7-13-20/h2-14,17,23,26H,15-16H2,1H3. The van der Waals surface area contributed by atoms with Crippen molar-refractivity contribution in [1.29, 1.82) is 0 Å². The van der Waals surface area contributed by atoms with Crippen molar-refractivity contribution >= 4 is 5.82 Å². The Hall–Kier alpha value is -3.33. The highest BCUT2D eigenvalue weighted by Crippen LogP contribution is 2.38. The maximum absolute atomic E-state index is 5.15. The highest BCUT2D eigenvalue weighted by Gasteiger charge is 2.29. The van der Waals surface area contributed by atoms with Crippen LogP contribution in [0.2, 0.25) is 0 Å². The second-order valence-corrected chi connectivity index (χ2v) is 7.39. The number of hydrogen-bond acceptors (Lipinski definition) is 2. The van der Waals surface area contributed by atoms with Gasteiger partial charge >= 0.3 is 0 Å². The summed E-state index contributed by atoms with van der Waals surface area (Å²) in [6.45, 7) is 3.08. The number of hydrogen-bond donors (Lipinski definition) is 1. The molecule has 1 aliphatic heterocycles. The van der Waals surface area contributed by atoms with E-state index in [4.69, 9.17) is 5.10 Å². The molecular weight excluding hydrogens is 342 g/mol. The summed E-state index contributed by atoms with van der Waals surface area (Å²) in [7, 11) is 0. The summed E-state index contributed by atoms with van der Waals surface area (Å²) in [5, 5.41) is 8.72. The number of anilines is 1. The van der Waals surface area contributed by atoms with Gasteiger partial charge in [0.1, 0.15) is 5.82 Å². The maximum Gasteiger partial charge on any atom is 0.133 e. The lowest BCUT2D eigenvalue weighted by molar-refractivity contribution is 0.802. The second-order valence-electron chi connectivity index (χ2n) is 7.39. The molecule has 1 N–H and O–H groups in total. The molecule has 3 nitrogen and oxygen atoms in total. The fourth-order valence-corrected chi connectivity index (χ4v) is 4.18. The average molecular weight is 365 g/mol. The van der Waals surface area contributed by atoms with E-state index < -0.39 is 0 Å². The molecule has 0 fully saturated rings. The van der Waals surface area contributed by atoms with Crippen molar-refractivity contribution in [2.24, 2.45) is 0 Å². The van der Waals surface area contributed by atoms with Crippen LogP contribution in [0.25, 0.3) is 5.69 Å². The molecule has 0 saturated heterocycles. The van der Waals surface area contributed by atoms with Gasteiger partial charge < -0.3 is 5.32 Å². The molecule has 0 saturated carbocycles. The zero-order valence-electron chi connectivity index (χ0n) is 16.0. The van der Waals surface area contributed by atoms with Crippen LogP contribution in [0.15, 0.2) is 84.9 Å². The summed E-state index contributed by atoms with van der Waals surface area (Å²) in [5.74, 6) is 1.26. The summed E-state index contributed by atoms with van der Waals surface area (Å²) in [6.07, 6.45) is 1.01. The van der Waals surface area contributed by atoms with Gasteiger partial charge in [-0.15, -0.1) is 0 Å². The van der Waals surface area contributed by atoms with Crippen LogP contribution in [-0.2, 0) is 6.42 Å². The molecule has 3 heteroatoms. The third-order valence-electron chi connectivity index (χ3n) is 5.47. The van der Waals surface area contributed by atoms with Crippen molar-refractivity contribution in [3.05, 3.63) is 113 Å². The summed E-state index contributed by atoms with van der Waals surface area (Å²) in [4.78, 5) is 0. The predicted molar refractivity (Wildman–Crippen MR) is 114 cm³/mol.